The van der Waals surface area contributed by atoms with Crippen LogP contribution in [0.3, 0.4) is 0 Å². The number of imide groups is 1. The monoisotopic (exact) mass is 1350 g/mol. The quantitative estimate of drug-likeness (QED) is 0.0245. The maximum absolute atomic E-state index is 15.1. The molecule has 7 amide bonds. The first-order chi connectivity index (χ1) is 45.7. The molecule has 1 saturated heterocycles. The Morgan fingerprint density at radius 2 is 1.34 bits per heavy atom. The topological polar surface area (TPSA) is 305 Å². The summed E-state index contributed by atoms with van der Waals surface area (Å²) in [5, 5.41) is 5.67. The van der Waals surface area contributed by atoms with E-state index in [0.717, 1.165) is 16.0 Å². The minimum Gasteiger partial charge on any atom is -0.429 e. The number of primary amides is 1. The Balaban J connectivity index is 1.50. The number of carbonyl (C=O) groups is 12. The number of nitrogens with two attached hydrogens (primary N) is 1. The number of methoxy groups -OCH3 is 2. The van der Waals surface area contributed by atoms with Gasteiger partial charge in [0.2, 0.25) is 29.5 Å². The number of rotatable bonds is 43. The SMILES string of the molecule is CC[C@H](C)[C@@H]([C@@H](CC(=O)N1C[C@@H](OC(=O)OCc2ccc(CC(=O)[C@H](CCCCC(N)=O)NC(=O)[C@@H](CC(=O)CCCCCN3C(=O)C=CC3=O)C(C)C)cc2)C[C@H]1[C@H](OC)[C@@H](C)C(=O)NCC(=O)c1ccc(C)cc1C)OC)N(C)C(=O)[C@@H](CC(=O)[C@H](C(C)C)N(C)C)C(C)C. The molecule has 0 radical (unpaired) electrons. The van der Waals surface area contributed by atoms with Crippen molar-refractivity contribution in [1.29, 1.82) is 0 Å². The molecule has 23 heteroatoms. The van der Waals surface area contributed by atoms with E-state index >= 15 is 4.79 Å². The molecule has 2 aliphatic rings. The molecule has 0 unspecified atom stereocenters. The fourth-order valence-electron chi connectivity index (χ4n) is 13.4. The molecule has 1 fully saturated rings. The van der Waals surface area contributed by atoms with Gasteiger partial charge in [-0.3, -0.25) is 62.5 Å². The number of unbranched alkanes of at least 4 members (excludes halogenated alkanes) is 3. The molecule has 0 spiro atoms. The fourth-order valence-corrected chi connectivity index (χ4v) is 13.4. The Labute approximate surface area is 574 Å². The van der Waals surface area contributed by atoms with Crippen molar-refractivity contribution in [2.75, 3.05) is 55.0 Å². The van der Waals surface area contributed by atoms with Crippen LogP contribution in [-0.2, 0) is 79.9 Å². The summed E-state index contributed by atoms with van der Waals surface area (Å²) in [4.78, 5) is 167. The van der Waals surface area contributed by atoms with Gasteiger partial charge < -0.3 is 45.1 Å². The lowest BCUT2D eigenvalue weighted by molar-refractivity contribution is -0.149. The maximum atomic E-state index is 15.1. The first kappa shape index (κ1) is 81.9. The molecule has 538 valence electrons. The summed E-state index contributed by atoms with van der Waals surface area (Å²) in [5.41, 5.74) is 8.75. The number of amides is 7. The van der Waals surface area contributed by atoms with Crippen molar-refractivity contribution in [3.8, 4) is 0 Å². The molecular weight excluding hydrogens is 1240 g/mol. The maximum Gasteiger partial charge on any atom is 0.508 e. The molecule has 0 saturated carbocycles. The summed E-state index contributed by atoms with van der Waals surface area (Å²) in [5.74, 6) is -6.49. The summed E-state index contributed by atoms with van der Waals surface area (Å²) in [6.45, 7) is 20.4. The second kappa shape index (κ2) is 39.8. The van der Waals surface area contributed by atoms with E-state index < -0.39 is 84.0 Å². The summed E-state index contributed by atoms with van der Waals surface area (Å²) < 4.78 is 23.8. The third-order valence-corrected chi connectivity index (χ3v) is 19.1. The van der Waals surface area contributed by atoms with Gasteiger partial charge in [0.15, 0.2) is 17.3 Å². The number of hydrogen-bond donors (Lipinski definition) is 3. The van der Waals surface area contributed by atoms with Gasteiger partial charge >= 0.3 is 6.16 Å². The van der Waals surface area contributed by atoms with Gasteiger partial charge in [0.1, 0.15) is 18.5 Å². The second-order valence-electron chi connectivity index (χ2n) is 27.9. The highest BCUT2D eigenvalue weighted by molar-refractivity contribution is 6.12. The van der Waals surface area contributed by atoms with E-state index in [1.165, 1.54) is 31.3 Å². The molecule has 11 atom stereocenters. The molecule has 2 aromatic rings. The molecule has 2 aromatic carbocycles. The molecule has 97 heavy (non-hydrogen) atoms. The van der Waals surface area contributed by atoms with Crippen molar-refractivity contribution < 1.29 is 76.5 Å². The molecule has 4 rings (SSSR count). The van der Waals surface area contributed by atoms with Gasteiger partial charge in [0.05, 0.1) is 61.8 Å². The van der Waals surface area contributed by atoms with Crippen LogP contribution < -0.4 is 16.4 Å². The van der Waals surface area contributed by atoms with E-state index in [9.17, 15) is 52.7 Å². The number of hydrogen-bond acceptors (Lipinski definition) is 17. The van der Waals surface area contributed by atoms with Crippen molar-refractivity contribution in [3.63, 3.8) is 0 Å². The zero-order chi connectivity index (χ0) is 72.5. The standard InChI is InChI=1S/C74H111N7O16/c1-17-48(9)69(79(14)73(92)57(45(4)5)39-61(84)68(46(6)7)78(12)13)63(94-15)40-67(89)81-42-54(38-59(81)70(95-16)50(11)71(90)76-41-62(85)55-31-26-47(8)35-49(55)10)97-74(93)96-43-52-29-27-51(28-30-52)36-60(83)58(24-20-21-25-64(75)86)77-72(91)56(44(2)3)37-53(82)23-19-18-22-34-80-65(87)32-33-66(80)88/h26-33,35,44-46,48,50,54,56-59,63,68-70H,17-25,34,36-43H2,1-16H3,(H2,75,86)(H,76,90)(H,77,91)/t48-,50+,54-,56-,57-,58-,59-,63+,68-,69-,70+/m0/s1. The van der Waals surface area contributed by atoms with Crippen LogP contribution >= 0.6 is 0 Å². The van der Waals surface area contributed by atoms with Crippen molar-refractivity contribution in [3.05, 3.63) is 82.4 Å². The molecule has 4 N–H and O–H groups in total. The van der Waals surface area contributed by atoms with Gasteiger partial charge in [-0.05, 0) is 94.0 Å². The van der Waals surface area contributed by atoms with Gasteiger partial charge in [-0.25, -0.2) is 4.79 Å². The van der Waals surface area contributed by atoms with E-state index in [2.05, 4.69) is 10.6 Å². The first-order valence-electron chi connectivity index (χ1n) is 34.5. The third-order valence-electron chi connectivity index (χ3n) is 19.1. The highest BCUT2D eigenvalue weighted by Gasteiger charge is 2.47. The van der Waals surface area contributed by atoms with Crippen LogP contribution in [0.2, 0.25) is 0 Å². The van der Waals surface area contributed by atoms with Crippen molar-refractivity contribution in [2.45, 2.75) is 215 Å². The number of carbonyl (C=O) groups excluding carboxylic acids is 12. The highest BCUT2D eigenvalue weighted by atomic mass is 16.7. The number of ketones is 4. The Morgan fingerprint density at radius 3 is 1.91 bits per heavy atom. The van der Waals surface area contributed by atoms with Crippen molar-refractivity contribution in [1.82, 2.24) is 30.2 Å². The Hall–Kier alpha value is -7.50. The normalized spacial score (nSPS) is 17.5. The van der Waals surface area contributed by atoms with Crippen LogP contribution in [-0.4, -0.2) is 188 Å². The molecule has 2 heterocycles. The lowest BCUT2D eigenvalue weighted by Gasteiger charge is -2.41. The van der Waals surface area contributed by atoms with Crippen LogP contribution in [0.5, 0.6) is 0 Å². The van der Waals surface area contributed by atoms with Crippen LogP contribution in [0.4, 0.5) is 4.79 Å². The predicted molar refractivity (Wildman–Crippen MR) is 367 cm³/mol. The number of Topliss-reactive ketones (excluding diaryl/α,β-unsaturated/α-hetero) is 4. The number of likely N-dealkylation sites (tertiary alicyclic amines) is 1. The van der Waals surface area contributed by atoms with E-state index in [1.807, 2.05) is 100 Å². The molecular formula is C74H111N7O16. The Bertz CT molecular complexity index is 3040. The summed E-state index contributed by atoms with van der Waals surface area (Å²) in [6, 6.07) is 9.36. The van der Waals surface area contributed by atoms with E-state index in [0.29, 0.717) is 55.2 Å². The van der Waals surface area contributed by atoms with Crippen molar-refractivity contribution >= 4 is 70.6 Å². The number of likely N-dealkylation sites (N-methyl/N-ethyl adjacent to an activating group) is 2. The lowest BCUT2D eigenvalue weighted by atomic mass is 9.83. The van der Waals surface area contributed by atoms with Crippen LogP contribution in [0.1, 0.15) is 178 Å². The van der Waals surface area contributed by atoms with Crippen molar-refractivity contribution in [2.24, 2.45) is 47.2 Å². The number of benzene rings is 2. The van der Waals surface area contributed by atoms with Crippen LogP contribution in [0.25, 0.3) is 0 Å². The molecule has 0 aromatic heterocycles. The number of nitrogens with one attached hydrogen (secondary N) is 2. The fraction of sp³-hybridized carbons (Fsp3) is 0.649. The number of nitrogens with zero attached hydrogens (tertiary/aromatic N) is 4. The molecule has 23 nitrogen and oxygen atoms in total. The largest absolute Gasteiger partial charge is 0.508 e. The van der Waals surface area contributed by atoms with Gasteiger partial charge in [-0.15, -0.1) is 0 Å². The Kier molecular flexibility index (Phi) is 33.6. The zero-order valence-corrected chi connectivity index (χ0v) is 60.4. The zero-order valence-electron chi connectivity index (χ0n) is 60.4. The summed E-state index contributed by atoms with van der Waals surface area (Å²) in [7, 11) is 8.28. The minimum atomic E-state index is -1.04. The summed E-state index contributed by atoms with van der Waals surface area (Å²) >= 11 is 0. The van der Waals surface area contributed by atoms with E-state index in [4.69, 9.17) is 24.7 Å². The predicted octanol–water partition coefficient (Wildman–Crippen LogP) is 8.03. The van der Waals surface area contributed by atoms with Gasteiger partial charge in [0, 0.05) is 95.9 Å². The van der Waals surface area contributed by atoms with Gasteiger partial charge in [-0.1, -0.05) is 130 Å². The minimum absolute atomic E-state index is 0.0149. The number of ether oxygens (including phenoxy) is 4. The van der Waals surface area contributed by atoms with E-state index in [1.54, 1.807) is 49.2 Å². The molecule has 0 bridgehead atoms. The number of aryl methyl sites for hydroxylation is 2. The van der Waals surface area contributed by atoms with Gasteiger partial charge in [0.25, 0.3) is 11.8 Å². The van der Waals surface area contributed by atoms with Gasteiger partial charge in [-0.2, -0.15) is 0 Å². The Morgan fingerprint density at radius 1 is 0.711 bits per heavy atom. The third kappa shape index (κ3) is 24.8. The van der Waals surface area contributed by atoms with Crippen LogP contribution in [0.15, 0.2) is 54.6 Å². The molecule has 2 aliphatic heterocycles. The highest BCUT2D eigenvalue weighted by Crippen LogP contribution is 2.33. The lowest BCUT2D eigenvalue weighted by Crippen LogP contribution is -2.54. The molecule has 0 aliphatic carbocycles. The second-order valence-corrected chi connectivity index (χ2v) is 27.9. The van der Waals surface area contributed by atoms with E-state index in [-0.39, 0.29) is 148 Å². The van der Waals surface area contributed by atoms with Crippen LogP contribution in [0, 0.1) is 55.3 Å². The smallest absolute Gasteiger partial charge is 0.429 e. The average molecular weight is 1350 g/mol. The summed E-state index contributed by atoms with van der Waals surface area (Å²) in [6.07, 6.45) is 1.96. The average Bonchev–Trinajstić information content (AvgIpc) is 1.70. The first-order valence-corrected chi connectivity index (χ1v) is 34.5.